The zero-order chi connectivity index (χ0) is 38.6. The number of nitrogens with zero attached hydrogens (tertiary/aromatic N) is 4. The molecule has 2 aromatic heterocycles. The Morgan fingerprint density at radius 3 is 1.56 bits per heavy atom. The van der Waals surface area contributed by atoms with E-state index in [1.165, 1.54) is 21.5 Å². The molecule has 2 heterocycles. The number of pyridine rings is 1. The van der Waals surface area contributed by atoms with Crippen molar-refractivity contribution in [1.82, 2.24) is 15.0 Å². The number of hydrogen-bond acceptors (Lipinski definition) is 4. The van der Waals surface area contributed by atoms with Crippen molar-refractivity contribution >= 4 is 27.3 Å². The van der Waals surface area contributed by atoms with Crippen LogP contribution < -0.4 is 0 Å². The Labute approximate surface area is 332 Å². The molecule has 0 aliphatic rings. The van der Waals surface area contributed by atoms with Gasteiger partial charge in [-0.3, -0.25) is 9.98 Å². The molecule has 0 radical (unpaired) electrons. The minimum atomic E-state index is 0.636. The molecule has 0 atom stereocenters. The Morgan fingerprint density at radius 1 is 0.509 bits per heavy atom. The van der Waals surface area contributed by atoms with Gasteiger partial charge in [0.05, 0.1) is 22.8 Å². The lowest BCUT2D eigenvalue weighted by atomic mass is 9.91. The lowest BCUT2D eigenvalue weighted by Crippen LogP contribution is -1.99. The first-order valence-electron chi connectivity index (χ1n) is 18.9. The summed E-state index contributed by atoms with van der Waals surface area (Å²) in [6, 6.07) is 61.6. The number of rotatable bonds is 8. The Hall–Kier alpha value is -7.74. The number of aromatic nitrogens is 3. The van der Waals surface area contributed by atoms with Crippen LogP contribution in [0.25, 0.3) is 89.0 Å². The van der Waals surface area contributed by atoms with E-state index in [1.807, 2.05) is 30.5 Å². The van der Waals surface area contributed by atoms with E-state index in [1.54, 1.807) is 13.1 Å². The molecule has 57 heavy (non-hydrogen) atoms. The van der Waals surface area contributed by atoms with E-state index in [4.69, 9.17) is 16.4 Å². The Balaban J connectivity index is 1.25. The summed E-state index contributed by atoms with van der Waals surface area (Å²) in [6.45, 7) is 0. The van der Waals surface area contributed by atoms with Crippen LogP contribution in [0, 0.1) is 12.3 Å². The number of benzene rings is 7. The summed E-state index contributed by atoms with van der Waals surface area (Å²) in [7, 11) is 1.77. The summed E-state index contributed by atoms with van der Waals surface area (Å²) in [4.78, 5) is 19.6. The van der Waals surface area contributed by atoms with Crippen molar-refractivity contribution in [3.63, 3.8) is 0 Å². The van der Waals surface area contributed by atoms with E-state index in [2.05, 4.69) is 174 Å². The van der Waals surface area contributed by atoms with Gasteiger partial charge in [0.15, 0.2) is 5.82 Å². The maximum atomic E-state index is 5.50. The van der Waals surface area contributed by atoms with Crippen molar-refractivity contribution in [3.05, 3.63) is 200 Å². The smallest absolute Gasteiger partial charge is 0.160 e. The minimum Gasteiger partial charge on any atom is -0.288 e. The summed E-state index contributed by atoms with van der Waals surface area (Å²) in [5, 5.41) is 4.76. The summed E-state index contributed by atoms with van der Waals surface area (Å²) in [6.07, 6.45) is 10.8. The topological polar surface area (TPSA) is 51.0 Å². The lowest BCUT2D eigenvalue weighted by molar-refractivity contribution is 1.18. The second-order valence-corrected chi connectivity index (χ2v) is 13.8. The van der Waals surface area contributed by atoms with Crippen LogP contribution in [0.5, 0.6) is 0 Å². The van der Waals surface area contributed by atoms with Gasteiger partial charge in [0.1, 0.15) is 0 Å². The van der Waals surface area contributed by atoms with Crippen LogP contribution in [0.1, 0.15) is 5.56 Å². The predicted octanol–water partition coefficient (Wildman–Crippen LogP) is 12.8. The highest BCUT2D eigenvalue weighted by molar-refractivity contribution is 6.09. The van der Waals surface area contributed by atoms with Crippen LogP contribution in [-0.2, 0) is 0 Å². The molecule has 0 saturated carbocycles. The van der Waals surface area contributed by atoms with Gasteiger partial charge in [0, 0.05) is 35.5 Å². The van der Waals surface area contributed by atoms with E-state index in [9.17, 15) is 0 Å². The fourth-order valence-corrected chi connectivity index (χ4v) is 7.48. The molecule has 9 aromatic rings. The molecule has 9 rings (SSSR count). The predicted molar refractivity (Wildman–Crippen MR) is 238 cm³/mol. The third-order valence-corrected chi connectivity index (χ3v) is 10.3. The molecule has 7 aromatic carbocycles. The first kappa shape index (κ1) is 35.0. The van der Waals surface area contributed by atoms with Gasteiger partial charge in [-0.1, -0.05) is 145 Å². The van der Waals surface area contributed by atoms with Crippen molar-refractivity contribution in [2.24, 2.45) is 4.99 Å². The highest BCUT2D eigenvalue weighted by Gasteiger charge is 2.16. The van der Waals surface area contributed by atoms with Crippen LogP contribution in [0.3, 0.4) is 0 Å². The molecule has 0 aliphatic heterocycles. The van der Waals surface area contributed by atoms with Gasteiger partial charge >= 0.3 is 0 Å². The Kier molecular flexibility index (Phi) is 9.55. The first-order chi connectivity index (χ1) is 28.1. The third kappa shape index (κ3) is 7.14. The molecular weight excluding hydrogens is 693 g/mol. The fourth-order valence-electron chi connectivity index (χ4n) is 7.48. The zero-order valence-corrected chi connectivity index (χ0v) is 31.3. The number of terminal acetylenes is 1. The maximum Gasteiger partial charge on any atom is 0.160 e. The van der Waals surface area contributed by atoms with Gasteiger partial charge in [0.2, 0.25) is 0 Å². The lowest BCUT2D eigenvalue weighted by Gasteiger charge is -2.15. The molecule has 0 spiro atoms. The molecule has 0 N–H and O–H groups in total. The minimum absolute atomic E-state index is 0.636. The molecule has 4 nitrogen and oxygen atoms in total. The summed E-state index contributed by atoms with van der Waals surface area (Å²) in [5.41, 5.74) is 12.7. The van der Waals surface area contributed by atoms with Gasteiger partial charge < -0.3 is 0 Å². The number of allylic oxidation sites excluding steroid dienone is 2. The van der Waals surface area contributed by atoms with Crippen molar-refractivity contribution in [1.29, 1.82) is 0 Å². The largest absolute Gasteiger partial charge is 0.288 e. The van der Waals surface area contributed by atoms with Gasteiger partial charge in [0.25, 0.3) is 0 Å². The molecule has 0 saturated heterocycles. The molecule has 0 unspecified atom stereocenters. The van der Waals surface area contributed by atoms with Crippen LogP contribution in [0.4, 0.5) is 0 Å². The van der Waals surface area contributed by atoms with Gasteiger partial charge in [-0.25, -0.2) is 9.97 Å². The molecule has 0 bridgehead atoms. The van der Waals surface area contributed by atoms with E-state index in [0.29, 0.717) is 5.82 Å². The van der Waals surface area contributed by atoms with Crippen LogP contribution in [0.2, 0.25) is 0 Å². The normalized spacial score (nSPS) is 11.6. The Morgan fingerprint density at radius 2 is 1.02 bits per heavy atom. The molecule has 0 fully saturated rings. The van der Waals surface area contributed by atoms with Crippen molar-refractivity contribution in [2.75, 3.05) is 7.05 Å². The van der Waals surface area contributed by atoms with Crippen molar-refractivity contribution in [2.45, 2.75) is 0 Å². The average molecular weight is 729 g/mol. The molecule has 268 valence electrons. The summed E-state index contributed by atoms with van der Waals surface area (Å²) < 4.78 is 0. The second kappa shape index (κ2) is 15.5. The highest BCUT2D eigenvalue weighted by Crippen LogP contribution is 2.38. The average Bonchev–Trinajstić information content (AvgIpc) is 3.29. The number of hydrogen-bond donors (Lipinski definition) is 0. The molecule has 0 amide bonds. The van der Waals surface area contributed by atoms with Crippen LogP contribution >= 0.6 is 0 Å². The molecule has 0 aliphatic carbocycles. The number of fused-ring (bicyclic) bond motifs is 2. The summed E-state index contributed by atoms with van der Waals surface area (Å²) in [5.74, 6) is 3.20. The van der Waals surface area contributed by atoms with Crippen molar-refractivity contribution < 1.29 is 0 Å². The first-order valence-corrected chi connectivity index (χ1v) is 18.9. The van der Waals surface area contributed by atoms with Crippen molar-refractivity contribution in [3.8, 4) is 79.8 Å². The fraction of sp³-hybridized carbons (Fsp3) is 0.0189. The van der Waals surface area contributed by atoms with E-state index < -0.39 is 0 Å². The number of aliphatic imine (C=N–C) groups is 1. The Bertz CT molecular complexity index is 2900. The summed E-state index contributed by atoms with van der Waals surface area (Å²) >= 11 is 0. The van der Waals surface area contributed by atoms with E-state index in [-0.39, 0.29) is 0 Å². The van der Waals surface area contributed by atoms with E-state index >= 15 is 0 Å². The van der Waals surface area contributed by atoms with Crippen LogP contribution in [0.15, 0.2) is 199 Å². The van der Waals surface area contributed by atoms with Gasteiger partial charge in [-0.05, 0) is 97.9 Å². The third-order valence-electron chi connectivity index (χ3n) is 10.3. The standard InChI is InChI=1S/C53H36N4/c1-3-4-21-49(54-2)38-23-27-40(28-24-38)51-35-52(41-29-25-39(26-30-41)50-22-9-10-31-55-50)57-53(56-51)44-33-42(47-19-11-15-36-13-5-7-17-45(36)47)32-43(34-44)48-20-12-16-37-14-6-8-18-46(37)48/h1,4-35H,2H3/b21-4-,54-49+. The molecular formula is C53H36N4. The van der Waals surface area contributed by atoms with Gasteiger partial charge in [-0.15, -0.1) is 6.42 Å². The SMILES string of the molecule is C#C/C=C\C(=N/C)c1ccc(-c2cc(-c3ccc(-c4ccccn4)cc3)nc(-c3cc(-c4cccc5ccccc45)cc(-c4cccc5ccccc45)c3)n2)cc1. The maximum absolute atomic E-state index is 5.50. The zero-order valence-electron chi connectivity index (χ0n) is 31.3. The van der Waals surface area contributed by atoms with E-state index in [0.717, 1.165) is 72.9 Å². The quantitative estimate of drug-likeness (QED) is 0.116. The van der Waals surface area contributed by atoms with Crippen LogP contribution in [-0.4, -0.2) is 27.7 Å². The highest BCUT2D eigenvalue weighted by atomic mass is 14.9. The second-order valence-electron chi connectivity index (χ2n) is 13.8. The van der Waals surface area contributed by atoms with Gasteiger partial charge in [-0.2, -0.15) is 0 Å². The monoisotopic (exact) mass is 728 g/mol. The molecule has 4 heteroatoms.